The summed E-state index contributed by atoms with van der Waals surface area (Å²) >= 11 is 1.43. The van der Waals surface area contributed by atoms with Gasteiger partial charge in [-0.2, -0.15) is 11.8 Å². The lowest BCUT2D eigenvalue weighted by Gasteiger charge is -2.24. The number of carboxylic acid groups (broad SMARTS) is 2. The van der Waals surface area contributed by atoms with E-state index in [1.54, 1.807) is 6.26 Å². The number of nitrogens with zero attached hydrogens (tertiary/aromatic N) is 1. The van der Waals surface area contributed by atoms with Gasteiger partial charge < -0.3 is 43.4 Å². The van der Waals surface area contributed by atoms with Crippen LogP contribution in [0.1, 0.15) is 46.0 Å². The van der Waals surface area contributed by atoms with Gasteiger partial charge in [-0.05, 0) is 43.6 Å². The van der Waals surface area contributed by atoms with Gasteiger partial charge in [-0.3, -0.25) is 24.2 Å². The van der Waals surface area contributed by atoms with Gasteiger partial charge in [-0.25, -0.2) is 4.79 Å². The SMILES string of the molecule is CSCCC(NC(=O)C(N)CC(C)C)C(=O)NC(CC(=O)O)C(=O)NC(CCCN=C(N)N)C(=O)O. The number of aliphatic carboxylic acids is 2. The summed E-state index contributed by atoms with van der Waals surface area (Å²) < 4.78 is 0. The molecule has 0 spiro atoms. The number of amides is 3. The Morgan fingerprint density at radius 2 is 1.44 bits per heavy atom. The molecule has 0 rings (SSSR count). The Balaban J connectivity index is 5.44. The van der Waals surface area contributed by atoms with Gasteiger partial charge in [0.2, 0.25) is 17.7 Å². The Labute approximate surface area is 214 Å². The largest absolute Gasteiger partial charge is 0.481 e. The minimum absolute atomic E-state index is 0.0360. The van der Waals surface area contributed by atoms with Crippen LogP contribution in [0.3, 0.4) is 0 Å². The Morgan fingerprint density at radius 1 is 0.889 bits per heavy atom. The van der Waals surface area contributed by atoms with Gasteiger partial charge in [0.05, 0.1) is 12.5 Å². The standard InChI is InChI=1S/C21H39N7O7S/c1-11(2)9-12(22)17(31)26-13(6-8-36-3)18(32)28-15(10-16(29)30)19(33)27-14(20(34)35)5-4-7-25-21(23)24/h11-15H,4-10,22H2,1-3H3,(H,26,31)(H,27,33)(H,28,32)(H,29,30)(H,34,35)(H4,23,24,25). The third-order valence-electron chi connectivity index (χ3n) is 4.88. The second-order valence-electron chi connectivity index (χ2n) is 8.59. The van der Waals surface area contributed by atoms with Crippen LogP contribution in [-0.4, -0.2) is 88.6 Å². The maximum absolute atomic E-state index is 12.9. The summed E-state index contributed by atoms with van der Waals surface area (Å²) in [6.07, 6.45) is 1.80. The van der Waals surface area contributed by atoms with E-state index in [1.165, 1.54) is 11.8 Å². The van der Waals surface area contributed by atoms with E-state index in [0.29, 0.717) is 12.2 Å². The quantitative estimate of drug-likeness (QED) is 0.0553. The number of aliphatic imine (C=N–C) groups is 1. The van der Waals surface area contributed by atoms with Crippen LogP contribution in [0.2, 0.25) is 0 Å². The van der Waals surface area contributed by atoms with Crippen molar-refractivity contribution in [2.24, 2.45) is 28.1 Å². The molecule has 4 atom stereocenters. The molecule has 11 N–H and O–H groups in total. The molecule has 36 heavy (non-hydrogen) atoms. The zero-order chi connectivity index (χ0) is 27.8. The molecule has 14 nitrogen and oxygen atoms in total. The van der Waals surface area contributed by atoms with E-state index < -0.39 is 60.2 Å². The molecule has 0 radical (unpaired) electrons. The second kappa shape index (κ2) is 17.4. The molecule has 0 aliphatic carbocycles. The molecule has 0 fully saturated rings. The zero-order valence-electron chi connectivity index (χ0n) is 20.9. The summed E-state index contributed by atoms with van der Waals surface area (Å²) in [4.78, 5) is 64.7. The predicted octanol–water partition coefficient (Wildman–Crippen LogP) is -1.82. The third kappa shape index (κ3) is 14.4. The number of hydrogen-bond acceptors (Lipinski definition) is 8. The van der Waals surface area contributed by atoms with Crippen LogP contribution in [-0.2, 0) is 24.0 Å². The highest BCUT2D eigenvalue weighted by Gasteiger charge is 2.31. The van der Waals surface area contributed by atoms with Crippen molar-refractivity contribution < 1.29 is 34.2 Å². The maximum atomic E-state index is 12.9. The molecule has 0 aliphatic rings. The van der Waals surface area contributed by atoms with Crippen LogP contribution >= 0.6 is 11.8 Å². The van der Waals surface area contributed by atoms with Gasteiger partial charge in [-0.15, -0.1) is 0 Å². The Morgan fingerprint density at radius 3 is 1.94 bits per heavy atom. The summed E-state index contributed by atoms with van der Waals surface area (Å²) in [5.74, 6) is -4.59. The molecule has 206 valence electrons. The molecule has 0 heterocycles. The number of thioether (sulfide) groups is 1. The van der Waals surface area contributed by atoms with Crippen LogP contribution < -0.4 is 33.2 Å². The predicted molar refractivity (Wildman–Crippen MR) is 136 cm³/mol. The first-order valence-corrected chi connectivity index (χ1v) is 12.8. The minimum atomic E-state index is -1.58. The number of rotatable bonds is 18. The summed E-state index contributed by atoms with van der Waals surface area (Å²) in [5.41, 5.74) is 16.3. The molecule has 0 aromatic carbocycles. The monoisotopic (exact) mass is 533 g/mol. The van der Waals surface area contributed by atoms with Crippen molar-refractivity contribution in [2.45, 2.75) is 70.1 Å². The molecule has 0 saturated heterocycles. The number of hydrogen-bond donors (Lipinski definition) is 8. The van der Waals surface area contributed by atoms with Gasteiger partial charge in [0.1, 0.15) is 18.1 Å². The lowest BCUT2D eigenvalue weighted by atomic mass is 10.0. The average molecular weight is 534 g/mol. The smallest absolute Gasteiger partial charge is 0.326 e. The van der Waals surface area contributed by atoms with Crippen molar-refractivity contribution in [3.05, 3.63) is 0 Å². The van der Waals surface area contributed by atoms with Crippen LogP contribution in [0, 0.1) is 5.92 Å². The van der Waals surface area contributed by atoms with Gasteiger partial charge in [0, 0.05) is 6.54 Å². The van der Waals surface area contributed by atoms with E-state index in [1.807, 2.05) is 13.8 Å². The van der Waals surface area contributed by atoms with Crippen molar-refractivity contribution in [2.75, 3.05) is 18.6 Å². The van der Waals surface area contributed by atoms with E-state index >= 15 is 0 Å². The highest BCUT2D eigenvalue weighted by molar-refractivity contribution is 7.98. The zero-order valence-corrected chi connectivity index (χ0v) is 21.7. The number of nitrogens with one attached hydrogen (secondary N) is 3. The third-order valence-corrected chi connectivity index (χ3v) is 5.52. The number of guanidine groups is 1. The molecule has 0 aromatic heterocycles. The van der Waals surface area contributed by atoms with Gasteiger partial charge >= 0.3 is 11.9 Å². The first-order chi connectivity index (χ1) is 16.8. The van der Waals surface area contributed by atoms with Crippen molar-refractivity contribution in [1.29, 1.82) is 0 Å². The summed E-state index contributed by atoms with van der Waals surface area (Å²) in [6, 6.07) is -4.85. The highest BCUT2D eigenvalue weighted by Crippen LogP contribution is 2.07. The lowest BCUT2D eigenvalue weighted by Crippen LogP contribution is -2.57. The Hall–Kier alpha value is -3.07. The van der Waals surface area contributed by atoms with Gasteiger partial charge in [0.15, 0.2) is 5.96 Å². The summed E-state index contributed by atoms with van der Waals surface area (Å²) in [6.45, 7) is 3.92. The average Bonchev–Trinajstić information content (AvgIpc) is 2.76. The fourth-order valence-electron chi connectivity index (χ4n) is 3.09. The number of nitrogens with two attached hydrogens (primary N) is 3. The molecule has 15 heteroatoms. The van der Waals surface area contributed by atoms with Crippen LogP contribution in [0.5, 0.6) is 0 Å². The topological polar surface area (TPSA) is 252 Å². The van der Waals surface area contributed by atoms with Crippen molar-refractivity contribution in [3.8, 4) is 0 Å². The van der Waals surface area contributed by atoms with Crippen LogP contribution in [0.25, 0.3) is 0 Å². The summed E-state index contributed by atoms with van der Waals surface area (Å²) in [7, 11) is 0. The highest BCUT2D eigenvalue weighted by atomic mass is 32.2. The lowest BCUT2D eigenvalue weighted by molar-refractivity contribution is -0.143. The van der Waals surface area contributed by atoms with Crippen molar-refractivity contribution >= 4 is 47.4 Å². The molecular weight excluding hydrogens is 494 g/mol. The van der Waals surface area contributed by atoms with E-state index in [0.717, 1.165) is 0 Å². The van der Waals surface area contributed by atoms with Crippen molar-refractivity contribution in [1.82, 2.24) is 16.0 Å². The van der Waals surface area contributed by atoms with E-state index in [2.05, 4.69) is 20.9 Å². The van der Waals surface area contributed by atoms with E-state index in [-0.39, 0.29) is 37.7 Å². The number of carboxylic acids is 2. The molecular formula is C21H39N7O7S. The van der Waals surface area contributed by atoms with E-state index in [9.17, 15) is 34.2 Å². The fourth-order valence-corrected chi connectivity index (χ4v) is 3.56. The molecule has 0 bridgehead atoms. The molecule has 0 saturated carbocycles. The Kier molecular flexibility index (Phi) is 15.9. The van der Waals surface area contributed by atoms with Gasteiger partial charge in [0.25, 0.3) is 0 Å². The maximum Gasteiger partial charge on any atom is 0.326 e. The second-order valence-corrected chi connectivity index (χ2v) is 9.57. The molecule has 0 aromatic rings. The number of carbonyl (C=O) groups is 5. The van der Waals surface area contributed by atoms with Crippen LogP contribution in [0.4, 0.5) is 0 Å². The first-order valence-electron chi connectivity index (χ1n) is 11.4. The van der Waals surface area contributed by atoms with Crippen molar-refractivity contribution in [3.63, 3.8) is 0 Å². The van der Waals surface area contributed by atoms with Crippen LogP contribution in [0.15, 0.2) is 4.99 Å². The molecule has 4 unspecified atom stereocenters. The number of carbonyl (C=O) groups excluding carboxylic acids is 3. The fraction of sp³-hybridized carbons (Fsp3) is 0.714. The normalized spacial score (nSPS) is 14.1. The van der Waals surface area contributed by atoms with E-state index in [4.69, 9.17) is 17.2 Å². The first kappa shape index (κ1) is 32.9. The minimum Gasteiger partial charge on any atom is -0.481 e. The van der Waals surface area contributed by atoms with Gasteiger partial charge in [-0.1, -0.05) is 13.8 Å². The Bertz CT molecular complexity index is 791. The molecule has 0 aliphatic heterocycles. The molecule has 3 amide bonds. The summed E-state index contributed by atoms with van der Waals surface area (Å²) in [5, 5.41) is 25.8.